The van der Waals surface area contributed by atoms with Crippen LogP contribution in [-0.4, -0.2) is 34.1 Å². The van der Waals surface area contributed by atoms with Crippen LogP contribution in [0.3, 0.4) is 0 Å². The molecule has 0 rings (SSSR count). The van der Waals surface area contributed by atoms with Gasteiger partial charge in [-0.25, -0.2) is 0 Å². The number of carbonyl (C=O) groups excluding carboxylic acids is 2. The Labute approximate surface area is 97.1 Å². The lowest BCUT2D eigenvalue weighted by Crippen LogP contribution is -2.13. The van der Waals surface area contributed by atoms with Gasteiger partial charge in [0.15, 0.2) is 0 Å². The van der Waals surface area contributed by atoms with E-state index in [0.29, 0.717) is 0 Å². The first-order valence-electron chi connectivity index (χ1n) is 4.59. The maximum atomic E-state index is 10.9. The normalized spacial score (nSPS) is 8.94. The molecule has 5 N–H and O–H groups in total. The van der Waals surface area contributed by atoms with Crippen molar-refractivity contribution in [2.24, 2.45) is 0 Å². The zero-order chi connectivity index (χ0) is 12.6. The van der Waals surface area contributed by atoms with Crippen LogP contribution >= 0.6 is 0 Å². The van der Waals surface area contributed by atoms with Gasteiger partial charge >= 0.3 is 23.9 Å². The molecule has 0 fully saturated rings. The fourth-order valence-corrected chi connectivity index (χ4v) is 0.822. The molecule has 0 amide bonds. The largest absolute Gasteiger partial charge is 0.481 e. The van der Waals surface area contributed by atoms with Gasteiger partial charge in [-0.2, -0.15) is 0 Å². The molecule has 0 radical (unpaired) electrons. The zero-order valence-corrected chi connectivity index (χ0v) is 9.18. The van der Waals surface area contributed by atoms with E-state index in [0.717, 1.165) is 0 Å². The summed E-state index contributed by atoms with van der Waals surface area (Å²) in [6.07, 6.45) is -1.05. The van der Waals surface area contributed by atoms with Gasteiger partial charge in [0.25, 0.3) is 0 Å². The predicted octanol–water partition coefficient (Wildman–Crippen LogP) is 0.338. The minimum atomic E-state index is -1.16. The molecule has 0 atom stereocenters. The number of carboxylic acid groups (broad SMARTS) is 2. The summed E-state index contributed by atoms with van der Waals surface area (Å²) in [5.74, 6) is -3.94. The summed E-state index contributed by atoms with van der Waals surface area (Å²) in [6.45, 7) is 0. The summed E-state index contributed by atoms with van der Waals surface area (Å²) in [4.78, 5) is 41.9. The Morgan fingerprint density at radius 2 is 1.24 bits per heavy atom. The fourth-order valence-electron chi connectivity index (χ4n) is 0.822. The molecule has 0 aliphatic rings. The number of esters is 2. The highest BCUT2D eigenvalue weighted by molar-refractivity contribution is 5.87. The lowest BCUT2D eigenvalue weighted by atomic mass is 10.2. The van der Waals surface area contributed by atoms with Crippen LogP contribution in [0.1, 0.15) is 32.1 Å². The SMILES string of the molecule is N.O=C(O)CCCC(=O)OC(=O)CCC(=O)O. The van der Waals surface area contributed by atoms with Gasteiger partial charge in [-0.15, -0.1) is 0 Å². The Morgan fingerprint density at radius 3 is 1.71 bits per heavy atom. The standard InChI is InChI=1S/C9H12O7.H3N/c10-6(11)2-1-3-8(14)16-9(15)5-4-7(12)13;/h1-5H2,(H,10,11)(H,12,13);1H3. The van der Waals surface area contributed by atoms with Gasteiger partial charge in [0.05, 0.1) is 12.8 Å². The molecule has 0 unspecified atom stereocenters. The minimum Gasteiger partial charge on any atom is -0.481 e. The summed E-state index contributed by atoms with van der Waals surface area (Å²) < 4.78 is 4.25. The van der Waals surface area contributed by atoms with Crippen molar-refractivity contribution >= 4 is 23.9 Å². The number of ether oxygens (including phenoxy) is 1. The van der Waals surface area contributed by atoms with Crippen LogP contribution < -0.4 is 6.15 Å². The second-order valence-electron chi connectivity index (χ2n) is 2.99. The molecule has 0 aromatic rings. The van der Waals surface area contributed by atoms with E-state index in [9.17, 15) is 19.2 Å². The van der Waals surface area contributed by atoms with Crippen LogP contribution in [0, 0.1) is 0 Å². The van der Waals surface area contributed by atoms with Crippen LogP contribution in [-0.2, 0) is 23.9 Å². The molecule has 0 aliphatic heterocycles. The highest BCUT2D eigenvalue weighted by atomic mass is 16.6. The Balaban J connectivity index is 0. The lowest BCUT2D eigenvalue weighted by molar-refractivity contribution is -0.161. The topological polar surface area (TPSA) is 153 Å². The molecule has 0 aliphatic carbocycles. The second kappa shape index (κ2) is 9.28. The van der Waals surface area contributed by atoms with Crippen LogP contribution in [0.15, 0.2) is 0 Å². The van der Waals surface area contributed by atoms with Crippen LogP contribution in [0.25, 0.3) is 0 Å². The van der Waals surface area contributed by atoms with E-state index < -0.39 is 30.3 Å². The maximum absolute atomic E-state index is 10.9. The Hall–Kier alpha value is -1.96. The van der Waals surface area contributed by atoms with Crippen LogP contribution in [0.2, 0.25) is 0 Å². The maximum Gasteiger partial charge on any atom is 0.314 e. The van der Waals surface area contributed by atoms with Gasteiger partial charge in [-0.3, -0.25) is 19.2 Å². The molecular weight excluding hydrogens is 234 g/mol. The number of carboxylic acids is 2. The van der Waals surface area contributed by atoms with E-state index in [4.69, 9.17) is 10.2 Å². The van der Waals surface area contributed by atoms with Crippen molar-refractivity contribution in [1.82, 2.24) is 6.15 Å². The first-order chi connectivity index (χ1) is 7.41. The Kier molecular flexibility index (Phi) is 9.52. The van der Waals surface area contributed by atoms with Crippen LogP contribution in [0.4, 0.5) is 0 Å². The van der Waals surface area contributed by atoms with Crippen molar-refractivity contribution in [2.75, 3.05) is 0 Å². The molecule has 8 heteroatoms. The number of carbonyl (C=O) groups is 4. The zero-order valence-electron chi connectivity index (χ0n) is 9.18. The molecule has 0 aromatic carbocycles. The molecule has 0 aromatic heterocycles. The monoisotopic (exact) mass is 249 g/mol. The summed E-state index contributed by atoms with van der Waals surface area (Å²) in [6, 6.07) is 0. The van der Waals surface area contributed by atoms with Crippen LogP contribution in [0.5, 0.6) is 0 Å². The number of hydrogen-bond acceptors (Lipinski definition) is 6. The van der Waals surface area contributed by atoms with Crippen molar-refractivity contribution in [3.05, 3.63) is 0 Å². The van der Waals surface area contributed by atoms with Gasteiger partial charge < -0.3 is 21.1 Å². The third kappa shape index (κ3) is 12.0. The smallest absolute Gasteiger partial charge is 0.314 e. The van der Waals surface area contributed by atoms with E-state index in [1.54, 1.807) is 0 Å². The molecular formula is C9H15NO7. The third-order valence-electron chi connectivity index (χ3n) is 1.54. The van der Waals surface area contributed by atoms with Crippen molar-refractivity contribution in [3.8, 4) is 0 Å². The molecule has 98 valence electrons. The number of rotatable bonds is 7. The van der Waals surface area contributed by atoms with Gasteiger partial charge in [0.2, 0.25) is 0 Å². The lowest BCUT2D eigenvalue weighted by Gasteiger charge is -2.00. The molecule has 0 bridgehead atoms. The summed E-state index contributed by atoms with van der Waals surface area (Å²) in [5, 5.41) is 16.5. The second-order valence-corrected chi connectivity index (χ2v) is 2.99. The average molecular weight is 249 g/mol. The van der Waals surface area contributed by atoms with E-state index in [1.165, 1.54) is 0 Å². The van der Waals surface area contributed by atoms with Gasteiger partial charge in [-0.1, -0.05) is 0 Å². The molecule has 8 nitrogen and oxygen atoms in total. The highest BCUT2D eigenvalue weighted by Gasteiger charge is 2.12. The van der Waals surface area contributed by atoms with E-state index >= 15 is 0 Å². The number of aliphatic carboxylic acids is 2. The highest BCUT2D eigenvalue weighted by Crippen LogP contribution is 2.00. The Morgan fingerprint density at radius 1 is 0.765 bits per heavy atom. The molecule has 0 saturated heterocycles. The molecule has 0 spiro atoms. The van der Waals surface area contributed by atoms with Crippen molar-refractivity contribution in [1.29, 1.82) is 0 Å². The molecule has 0 saturated carbocycles. The third-order valence-corrected chi connectivity index (χ3v) is 1.54. The first-order valence-corrected chi connectivity index (χ1v) is 4.59. The van der Waals surface area contributed by atoms with Crippen molar-refractivity contribution in [2.45, 2.75) is 32.1 Å². The number of hydrogen-bond donors (Lipinski definition) is 3. The Bertz CT molecular complexity index is 300. The molecule has 0 heterocycles. The van der Waals surface area contributed by atoms with E-state index in [1.807, 2.05) is 0 Å². The molecule has 17 heavy (non-hydrogen) atoms. The minimum absolute atomic E-state index is 0. The van der Waals surface area contributed by atoms with E-state index in [-0.39, 0.29) is 31.8 Å². The quantitative estimate of drug-likeness (QED) is 0.431. The summed E-state index contributed by atoms with van der Waals surface area (Å²) >= 11 is 0. The van der Waals surface area contributed by atoms with Gasteiger partial charge in [0, 0.05) is 12.8 Å². The van der Waals surface area contributed by atoms with Crippen molar-refractivity contribution < 1.29 is 34.1 Å². The first kappa shape index (κ1) is 17.4. The van der Waals surface area contributed by atoms with Gasteiger partial charge in [0.1, 0.15) is 0 Å². The predicted molar refractivity (Wildman–Crippen MR) is 54.5 cm³/mol. The van der Waals surface area contributed by atoms with Gasteiger partial charge in [-0.05, 0) is 6.42 Å². The van der Waals surface area contributed by atoms with Crippen molar-refractivity contribution in [3.63, 3.8) is 0 Å². The fraction of sp³-hybridized carbons (Fsp3) is 0.556. The average Bonchev–Trinajstić information content (AvgIpc) is 2.14. The van der Waals surface area contributed by atoms with E-state index in [2.05, 4.69) is 4.74 Å². The summed E-state index contributed by atoms with van der Waals surface area (Å²) in [5.41, 5.74) is 0. The summed E-state index contributed by atoms with van der Waals surface area (Å²) in [7, 11) is 0.